The summed E-state index contributed by atoms with van der Waals surface area (Å²) in [4.78, 5) is 21.6. The highest BCUT2D eigenvalue weighted by Gasteiger charge is 2.45. The molecule has 1 unspecified atom stereocenters. The number of aryl methyl sites for hydroxylation is 2. The molecule has 0 bridgehead atoms. The molecule has 40 heavy (non-hydrogen) atoms. The zero-order valence-corrected chi connectivity index (χ0v) is 24.4. The van der Waals surface area contributed by atoms with Gasteiger partial charge in [-0.3, -0.25) is 4.79 Å². The van der Waals surface area contributed by atoms with Gasteiger partial charge in [-0.25, -0.2) is 9.37 Å². The number of rotatable bonds is 6. The lowest BCUT2D eigenvalue weighted by Gasteiger charge is -2.37. The Balaban J connectivity index is 0.000000570. The number of imidazole rings is 1. The molecule has 3 heterocycles. The number of methoxy groups -OCH3 is 1. The summed E-state index contributed by atoms with van der Waals surface area (Å²) >= 11 is 0. The van der Waals surface area contributed by atoms with E-state index >= 15 is 0 Å². The summed E-state index contributed by atoms with van der Waals surface area (Å²) in [5, 5.41) is 4.46. The number of oxime groups is 1. The molecule has 2 aliphatic rings. The third kappa shape index (κ3) is 6.52. The number of benzene rings is 2. The van der Waals surface area contributed by atoms with Gasteiger partial charge in [0.25, 0.3) is 6.47 Å². The fourth-order valence-corrected chi connectivity index (χ4v) is 4.65. The molecule has 0 aliphatic carbocycles. The molecular weight excluding hydrogens is 511 g/mol. The third-order valence-corrected chi connectivity index (χ3v) is 6.70. The molecule has 0 N–H and O–H groups in total. The van der Waals surface area contributed by atoms with E-state index < -0.39 is 5.72 Å². The van der Waals surface area contributed by atoms with E-state index in [0.717, 1.165) is 64.6 Å². The quantitative estimate of drug-likeness (QED) is 0.325. The number of halogens is 1. The Hall–Kier alpha value is -4.14. The molecule has 9 heteroatoms. The highest BCUT2D eigenvalue weighted by atomic mass is 19.1. The Morgan fingerprint density at radius 2 is 1.90 bits per heavy atom. The molecule has 214 valence electrons. The van der Waals surface area contributed by atoms with Crippen molar-refractivity contribution >= 4 is 18.4 Å². The van der Waals surface area contributed by atoms with Crippen molar-refractivity contribution in [3.63, 3.8) is 0 Å². The third-order valence-electron chi connectivity index (χ3n) is 6.70. The normalized spacial score (nSPS) is 18.4. The molecular formula is C31H39FN4O4. The predicted octanol–water partition coefficient (Wildman–Crippen LogP) is 6.54. The molecule has 1 saturated heterocycles. The van der Waals surface area contributed by atoms with Crippen molar-refractivity contribution in [3.8, 4) is 11.4 Å². The predicted molar refractivity (Wildman–Crippen MR) is 155 cm³/mol. The van der Waals surface area contributed by atoms with E-state index in [1.165, 1.54) is 12.1 Å². The fraction of sp³-hybridized carbons (Fsp3) is 0.387. The van der Waals surface area contributed by atoms with Crippen LogP contribution in [0.1, 0.15) is 62.9 Å². The maximum Gasteiger partial charge on any atom is 0.293 e. The first kappa shape index (κ1) is 30.4. The van der Waals surface area contributed by atoms with Crippen LogP contribution >= 0.6 is 0 Å². The van der Waals surface area contributed by atoms with Gasteiger partial charge < -0.3 is 23.8 Å². The molecule has 1 fully saturated rings. The molecule has 3 aromatic rings. The molecule has 8 nitrogen and oxygen atoms in total. The van der Waals surface area contributed by atoms with Crippen molar-refractivity contribution in [3.05, 3.63) is 82.7 Å². The van der Waals surface area contributed by atoms with Gasteiger partial charge in [0.2, 0.25) is 5.72 Å². The molecule has 0 amide bonds. The van der Waals surface area contributed by atoms with Gasteiger partial charge in [-0.15, -0.1) is 0 Å². The zero-order valence-electron chi connectivity index (χ0n) is 24.4. The maximum absolute atomic E-state index is 13.5. The summed E-state index contributed by atoms with van der Waals surface area (Å²) in [7, 11) is 1.68. The van der Waals surface area contributed by atoms with Crippen LogP contribution in [0.25, 0.3) is 11.8 Å². The largest absolute Gasteiger partial charge is 0.495 e. The zero-order chi connectivity index (χ0) is 29.3. The second-order valence-electron chi connectivity index (χ2n) is 9.28. The van der Waals surface area contributed by atoms with Crippen molar-refractivity contribution in [2.45, 2.75) is 60.1 Å². The highest BCUT2D eigenvalue weighted by molar-refractivity contribution is 6.03. The van der Waals surface area contributed by atoms with Crippen LogP contribution in [0.5, 0.6) is 5.75 Å². The van der Waals surface area contributed by atoms with Gasteiger partial charge in [-0.1, -0.05) is 31.1 Å². The van der Waals surface area contributed by atoms with Gasteiger partial charge in [0.1, 0.15) is 11.6 Å². The summed E-state index contributed by atoms with van der Waals surface area (Å²) in [5.74, 6) is 1.35. The molecule has 2 aromatic carbocycles. The topological polar surface area (TPSA) is 78.2 Å². The Morgan fingerprint density at radius 3 is 2.48 bits per heavy atom. The number of ether oxygens (including phenoxy) is 2. The van der Waals surface area contributed by atoms with Gasteiger partial charge in [0.15, 0.2) is 5.84 Å². The smallest absolute Gasteiger partial charge is 0.293 e. The maximum atomic E-state index is 13.5. The molecule has 2 aliphatic heterocycles. The van der Waals surface area contributed by atoms with Gasteiger partial charge in [-0.2, -0.15) is 0 Å². The minimum atomic E-state index is -0.752. The van der Waals surface area contributed by atoms with E-state index in [1.54, 1.807) is 32.5 Å². The minimum absolute atomic E-state index is 0.264. The van der Waals surface area contributed by atoms with E-state index in [9.17, 15) is 9.18 Å². The van der Waals surface area contributed by atoms with Crippen molar-refractivity contribution < 1.29 is 23.5 Å². The number of hydrogen-bond donors (Lipinski definition) is 0. The lowest BCUT2D eigenvalue weighted by molar-refractivity contribution is -0.128. The summed E-state index contributed by atoms with van der Waals surface area (Å²) in [6, 6.07) is 10.6. The molecule has 0 spiro atoms. The van der Waals surface area contributed by atoms with Gasteiger partial charge in [-0.05, 0) is 80.7 Å². The first-order valence-corrected chi connectivity index (χ1v) is 13.6. The molecule has 1 atom stereocenters. The summed E-state index contributed by atoms with van der Waals surface area (Å²) < 4.78 is 25.3. The fourth-order valence-electron chi connectivity index (χ4n) is 4.65. The summed E-state index contributed by atoms with van der Waals surface area (Å²) in [5.41, 5.74) is 5.34. The second-order valence-corrected chi connectivity index (χ2v) is 9.28. The number of carbonyl (C=O) groups excluding carboxylic acids is 1. The second kappa shape index (κ2) is 13.8. The first-order chi connectivity index (χ1) is 19.3. The van der Waals surface area contributed by atoms with Crippen molar-refractivity contribution in [1.82, 2.24) is 14.5 Å². The SMILES string of the molecule is CC.CCOC=O.COc1cc(/C=C2\CCCN3C2=NOC3(C)c2ccc(F)cc2)c(C)cc1-n1cnc(C)c1. The van der Waals surface area contributed by atoms with Gasteiger partial charge in [0.05, 0.1) is 31.4 Å². The summed E-state index contributed by atoms with van der Waals surface area (Å²) in [6.07, 6.45) is 7.83. The van der Waals surface area contributed by atoms with Crippen molar-refractivity contribution in [2.24, 2.45) is 5.16 Å². The standard InChI is InChI=1S/C26H27FN4O2.C3H6O2.C2H6/c1-17-12-23(30-15-18(2)28-16-30)24(32-4)14-20(17)13-19-6-5-11-31-25(19)29-33-26(31,3)21-7-9-22(27)10-8-21;1-2-5-3-4;1-2/h7-10,12-16H,5-6,11H2,1-4H3;3H,2H2,1H3;1-2H3/b19-13+;;. The Morgan fingerprint density at radius 1 is 1.18 bits per heavy atom. The Kier molecular flexibility index (Phi) is 10.5. The van der Waals surface area contributed by atoms with Gasteiger partial charge >= 0.3 is 0 Å². The van der Waals surface area contributed by atoms with Crippen LogP contribution in [-0.4, -0.2) is 47.0 Å². The molecule has 0 saturated carbocycles. The van der Waals surface area contributed by atoms with Crippen LogP contribution in [0.3, 0.4) is 0 Å². The van der Waals surface area contributed by atoms with Crippen LogP contribution in [0, 0.1) is 19.7 Å². The number of carbonyl (C=O) groups is 1. The number of aromatic nitrogens is 2. The highest BCUT2D eigenvalue weighted by Crippen LogP contribution is 2.40. The average molecular weight is 551 g/mol. The van der Waals surface area contributed by atoms with E-state index in [4.69, 9.17) is 9.57 Å². The summed E-state index contributed by atoms with van der Waals surface area (Å²) in [6.45, 7) is 13.5. The van der Waals surface area contributed by atoms with Crippen LogP contribution in [-0.2, 0) is 20.1 Å². The minimum Gasteiger partial charge on any atom is -0.495 e. The molecule has 1 aromatic heterocycles. The number of piperidine rings is 1. The lowest BCUT2D eigenvalue weighted by atomic mass is 9.94. The van der Waals surface area contributed by atoms with Crippen molar-refractivity contribution in [2.75, 3.05) is 20.3 Å². The first-order valence-electron chi connectivity index (χ1n) is 13.6. The van der Waals surface area contributed by atoms with Gasteiger partial charge in [0, 0.05) is 25.2 Å². The Labute approximate surface area is 236 Å². The van der Waals surface area contributed by atoms with E-state index in [-0.39, 0.29) is 5.82 Å². The number of nitrogens with zero attached hydrogens (tertiary/aromatic N) is 4. The molecule has 0 radical (unpaired) electrons. The Bertz CT molecular complexity index is 1350. The van der Waals surface area contributed by atoms with E-state index in [2.05, 4.69) is 44.9 Å². The van der Waals surface area contributed by atoms with Crippen LogP contribution in [0.15, 0.2) is 59.7 Å². The molecule has 5 rings (SSSR count). The number of hydrogen-bond acceptors (Lipinski definition) is 7. The van der Waals surface area contributed by atoms with Crippen LogP contribution in [0.2, 0.25) is 0 Å². The van der Waals surface area contributed by atoms with Crippen LogP contribution in [0.4, 0.5) is 4.39 Å². The van der Waals surface area contributed by atoms with Crippen LogP contribution < -0.4 is 4.74 Å². The number of amidine groups is 1. The number of fused-ring (bicyclic) bond motifs is 1. The van der Waals surface area contributed by atoms with Crippen molar-refractivity contribution in [1.29, 1.82) is 0 Å². The van der Waals surface area contributed by atoms with E-state index in [0.29, 0.717) is 13.1 Å². The lowest BCUT2D eigenvalue weighted by Crippen LogP contribution is -2.46. The monoisotopic (exact) mass is 550 g/mol. The average Bonchev–Trinajstić information content (AvgIpc) is 3.56. The van der Waals surface area contributed by atoms with E-state index in [1.807, 2.05) is 38.5 Å².